The summed E-state index contributed by atoms with van der Waals surface area (Å²) in [5, 5.41) is 2.84. The highest BCUT2D eigenvalue weighted by Crippen LogP contribution is 2.36. The quantitative estimate of drug-likeness (QED) is 0.271. The van der Waals surface area contributed by atoms with Gasteiger partial charge in [-0.05, 0) is 96.8 Å². The van der Waals surface area contributed by atoms with Gasteiger partial charge in [0, 0.05) is 25.1 Å². The van der Waals surface area contributed by atoms with Crippen LogP contribution in [0.4, 0.5) is 11.5 Å². The molecule has 1 aromatic heterocycles. The number of para-hydroxylation sites is 1. The van der Waals surface area contributed by atoms with Gasteiger partial charge in [0.2, 0.25) is 5.91 Å². The van der Waals surface area contributed by atoms with Crippen molar-refractivity contribution in [1.82, 2.24) is 19.8 Å². The highest BCUT2D eigenvalue weighted by Gasteiger charge is 2.27. The third-order valence-electron chi connectivity index (χ3n) is 7.76. The summed E-state index contributed by atoms with van der Waals surface area (Å²) < 4.78 is 32.3. The van der Waals surface area contributed by atoms with Crippen LogP contribution in [0.1, 0.15) is 69.0 Å². The molecule has 1 fully saturated rings. The van der Waals surface area contributed by atoms with Gasteiger partial charge in [-0.2, -0.15) is 0 Å². The van der Waals surface area contributed by atoms with E-state index in [4.69, 9.17) is 21.3 Å². The van der Waals surface area contributed by atoms with Crippen molar-refractivity contribution in [3.05, 3.63) is 70.1 Å². The maximum Gasteiger partial charge on any atom is 0.236 e. The van der Waals surface area contributed by atoms with Gasteiger partial charge in [-0.25, -0.2) is 18.4 Å². The van der Waals surface area contributed by atoms with Crippen molar-refractivity contribution in [2.24, 2.45) is 0 Å². The highest BCUT2D eigenvalue weighted by molar-refractivity contribution is 7.92. The summed E-state index contributed by atoms with van der Waals surface area (Å²) >= 11 is 6.48. The highest BCUT2D eigenvalue weighted by atomic mass is 35.5. The Bertz CT molecular complexity index is 1580. The summed E-state index contributed by atoms with van der Waals surface area (Å²) in [6.07, 6.45) is 3.71. The Morgan fingerprint density at radius 3 is 2.45 bits per heavy atom. The number of hydrogen-bond acceptors (Lipinski definition) is 8. The third kappa shape index (κ3) is 8.08. The SMILES string of the molecule is Cc1cc(Cc2ncc(Cl)c(Nc3ccccc3S(=O)(=O)C(C)C)n2)c(OC(C)C)cc1C1CCN(C(=O)CN(C)C)CC1. The lowest BCUT2D eigenvalue weighted by molar-refractivity contribution is -0.132. The number of ether oxygens (including phenoxy) is 1. The lowest BCUT2D eigenvalue weighted by Gasteiger charge is -2.34. The first-order chi connectivity index (χ1) is 20.8. The monoisotopic (exact) mass is 641 g/mol. The molecule has 0 bridgehead atoms. The number of aromatic nitrogens is 2. The van der Waals surface area contributed by atoms with E-state index >= 15 is 0 Å². The van der Waals surface area contributed by atoms with Crippen molar-refractivity contribution in [2.45, 2.75) is 76.0 Å². The number of nitrogens with one attached hydrogen (secondary N) is 1. The van der Waals surface area contributed by atoms with Gasteiger partial charge in [0.15, 0.2) is 15.7 Å². The number of nitrogens with zero attached hydrogens (tertiary/aromatic N) is 4. The molecular formula is C33H44ClN5O4S. The van der Waals surface area contributed by atoms with E-state index < -0.39 is 15.1 Å². The Morgan fingerprint density at radius 1 is 1.14 bits per heavy atom. The maximum atomic E-state index is 13.0. The maximum absolute atomic E-state index is 13.0. The molecule has 2 aromatic carbocycles. The van der Waals surface area contributed by atoms with E-state index in [2.05, 4.69) is 29.4 Å². The molecule has 3 aromatic rings. The molecule has 1 aliphatic rings. The molecule has 0 atom stereocenters. The minimum absolute atomic E-state index is 0.0300. The van der Waals surface area contributed by atoms with Crippen LogP contribution < -0.4 is 10.1 Å². The molecule has 0 spiro atoms. The van der Waals surface area contributed by atoms with Gasteiger partial charge in [-0.3, -0.25) is 4.79 Å². The number of carbonyl (C=O) groups excluding carboxylic acids is 1. The summed E-state index contributed by atoms with van der Waals surface area (Å²) in [5.41, 5.74) is 3.77. The zero-order chi connectivity index (χ0) is 32.2. The Morgan fingerprint density at radius 2 is 1.82 bits per heavy atom. The number of halogens is 1. The standard InChI is InChI=1S/C33H44ClN5O4S/c1-21(2)43-29-18-26(24-12-14-39(15-13-24)32(40)20-38(6)7)23(5)16-25(29)17-31-35-19-27(34)33(37-31)36-28-10-8-9-11-30(28)44(41,42)22(3)4/h8-11,16,18-19,21-22,24H,12-15,17,20H2,1-7H3,(H,35,36,37). The second kappa shape index (κ2) is 14.3. The van der Waals surface area contributed by atoms with Gasteiger partial charge in [0.05, 0.1) is 34.7 Å². The van der Waals surface area contributed by atoms with Crippen LogP contribution in [0.3, 0.4) is 0 Å². The number of amides is 1. The van der Waals surface area contributed by atoms with Gasteiger partial charge in [0.1, 0.15) is 16.6 Å². The fraction of sp³-hybridized carbons (Fsp3) is 0.485. The second-order valence-corrected chi connectivity index (χ2v) is 15.1. The lowest BCUT2D eigenvalue weighted by atomic mass is 9.85. The molecule has 0 aliphatic carbocycles. The Hall–Kier alpha value is -3.21. The summed E-state index contributed by atoms with van der Waals surface area (Å²) in [5.74, 6) is 2.15. The number of rotatable bonds is 11. The zero-order valence-electron chi connectivity index (χ0n) is 26.7. The van der Waals surface area contributed by atoms with Gasteiger partial charge in [-0.1, -0.05) is 29.8 Å². The van der Waals surface area contributed by atoms with Crippen LogP contribution in [0.2, 0.25) is 5.02 Å². The molecule has 1 saturated heterocycles. The Labute approximate surface area is 266 Å². The van der Waals surface area contributed by atoms with Crippen LogP contribution in [-0.4, -0.2) is 79.2 Å². The van der Waals surface area contributed by atoms with Crippen molar-refractivity contribution in [3.8, 4) is 5.75 Å². The smallest absolute Gasteiger partial charge is 0.236 e. The molecule has 0 radical (unpaired) electrons. The molecule has 2 heterocycles. The number of carbonyl (C=O) groups is 1. The van der Waals surface area contributed by atoms with E-state index in [1.54, 1.807) is 38.1 Å². The number of likely N-dealkylation sites (tertiary alicyclic amines) is 1. The number of anilines is 2. The molecule has 1 N–H and O–H groups in total. The summed E-state index contributed by atoms with van der Waals surface area (Å²) in [6, 6.07) is 11.0. The van der Waals surface area contributed by atoms with Crippen LogP contribution in [0.5, 0.6) is 5.75 Å². The summed E-state index contributed by atoms with van der Waals surface area (Å²) in [6.45, 7) is 11.3. The molecule has 11 heteroatoms. The number of sulfone groups is 1. The van der Waals surface area contributed by atoms with Crippen LogP contribution in [0.15, 0.2) is 47.5 Å². The van der Waals surface area contributed by atoms with Crippen molar-refractivity contribution in [1.29, 1.82) is 0 Å². The van der Waals surface area contributed by atoms with Gasteiger partial charge in [-0.15, -0.1) is 0 Å². The largest absolute Gasteiger partial charge is 0.491 e. The topological polar surface area (TPSA) is 105 Å². The fourth-order valence-electron chi connectivity index (χ4n) is 5.46. The van der Waals surface area contributed by atoms with Crippen molar-refractivity contribution in [3.63, 3.8) is 0 Å². The van der Waals surface area contributed by atoms with Crippen molar-refractivity contribution < 1.29 is 17.9 Å². The molecule has 4 rings (SSSR count). The van der Waals surface area contributed by atoms with Crippen LogP contribution >= 0.6 is 11.6 Å². The molecule has 1 aliphatic heterocycles. The van der Waals surface area contributed by atoms with Crippen LogP contribution in [-0.2, 0) is 21.1 Å². The Balaban J connectivity index is 1.59. The number of hydrogen-bond donors (Lipinski definition) is 1. The van der Waals surface area contributed by atoms with E-state index in [0.717, 1.165) is 42.8 Å². The number of piperidine rings is 1. The predicted molar refractivity (Wildman–Crippen MR) is 176 cm³/mol. The molecule has 44 heavy (non-hydrogen) atoms. The first-order valence-corrected chi connectivity index (χ1v) is 17.0. The number of likely N-dealkylation sites (N-methyl/N-ethyl adjacent to an activating group) is 1. The van der Waals surface area contributed by atoms with Crippen molar-refractivity contribution >= 4 is 38.9 Å². The van der Waals surface area contributed by atoms with E-state index in [0.29, 0.717) is 36.2 Å². The van der Waals surface area contributed by atoms with E-state index in [-0.39, 0.29) is 21.9 Å². The van der Waals surface area contributed by atoms with Gasteiger partial charge < -0.3 is 19.9 Å². The predicted octanol–water partition coefficient (Wildman–Crippen LogP) is 6.01. The van der Waals surface area contributed by atoms with Crippen LogP contribution in [0, 0.1) is 6.92 Å². The van der Waals surface area contributed by atoms with Crippen molar-refractivity contribution in [2.75, 3.05) is 39.0 Å². The number of benzene rings is 2. The molecule has 0 saturated carbocycles. The van der Waals surface area contributed by atoms with E-state index in [1.165, 1.54) is 11.8 Å². The third-order valence-corrected chi connectivity index (χ3v) is 10.2. The molecule has 0 unspecified atom stereocenters. The summed E-state index contributed by atoms with van der Waals surface area (Å²) in [7, 11) is 0.295. The van der Waals surface area contributed by atoms with Gasteiger partial charge >= 0.3 is 0 Å². The van der Waals surface area contributed by atoms with Gasteiger partial charge in [0.25, 0.3) is 0 Å². The second-order valence-electron chi connectivity index (χ2n) is 12.3. The minimum Gasteiger partial charge on any atom is -0.491 e. The lowest BCUT2D eigenvalue weighted by Crippen LogP contribution is -2.42. The molecule has 1 amide bonds. The molecule has 9 nitrogen and oxygen atoms in total. The molecule has 238 valence electrons. The average Bonchev–Trinajstić information content (AvgIpc) is 2.96. The average molecular weight is 642 g/mol. The zero-order valence-corrected chi connectivity index (χ0v) is 28.3. The van der Waals surface area contributed by atoms with E-state index in [1.807, 2.05) is 37.7 Å². The first-order valence-electron chi connectivity index (χ1n) is 15.1. The number of aryl methyl sites for hydroxylation is 1. The first kappa shape index (κ1) is 33.7. The minimum atomic E-state index is -3.53. The summed E-state index contributed by atoms with van der Waals surface area (Å²) in [4.78, 5) is 25.8. The fourth-order valence-corrected chi connectivity index (χ4v) is 6.80. The normalized spacial score (nSPS) is 14.5. The molecular weight excluding hydrogens is 598 g/mol. The van der Waals surface area contributed by atoms with Crippen LogP contribution in [0.25, 0.3) is 0 Å². The van der Waals surface area contributed by atoms with E-state index in [9.17, 15) is 13.2 Å². The Kier molecular flexibility index (Phi) is 10.9.